The van der Waals surface area contributed by atoms with Gasteiger partial charge < -0.3 is 19.5 Å². The first-order valence-corrected chi connectivity index (χ1v) is 6.60. The van der Waals surface area contributed by atoms with Crippen LogP contribution in [-0.2, 0) is 0 Å². The molecular weight excluding hydrogens is 282 g/mol. The number of methoxy groups -OCH3 is 3. The number of amides is 1. The van der Waals surface area contributed by atoms with E-state index in [1.165, 1.54) is 21.3 Å². The van der Waals surface area contributed by atoms with Gasteiger partial charge in [0.1, 0.15) is 0 Å². The van der Waals surface area contributed by atoms with E-state index in [0.29, 0.717) is 28.7 Å². The van der Waals surface area contributed by atoms with Gasteiger partial charge in [0.2, 0.25) is 5.75 Å². The Morgan fingerprint density at radius 2 is 1.65 bits per heavy atom. The number of carbonyl (C=O) groups excluding carboxylic acids is 1. The average molecular weight is 302 g/mol. The molecule has 0 bridgehead atoms. The largest absolute Gasteiger partial charge is 0.493 e. The van der Waals surface area contributed by atoms with E-state index in [1.807, 2.05) is 13.8 Å². The second-order valence-electron chi connectivity index (χ2n) is 4.89. The summed E-state index contributed by atoms with van der Waals surface area (Å²) in [5.74, 6) is 1.36. The van der Waals surface area contributed by atoms with Crippen molar-refractivity contribution in [1.29, 1.82) is 0 Å². The van der Waals surface area contributed by atoms with Gasteiger partial charge in [-0.3, -0.25) is 4.79 Å². The van der Waals surface area contributed by atoms with E-state index in [1.54, 1.807) is 12.1 Å². The Morgan fingerprint density at radius 3 is 2.00 bits per heavy atom. The molecule has 0 heterocycles. The Balaban J connectivity index is 3.16. The molecule has 0 spiro atoms. The number of benzene rings is 1. The fraction of sp³-hybridized carbons (Fsp3) is 0.500. The summed E-state index contributed by atoms with van der Waals surface area (Å²) in [7, 11) is 4.51. The van der Waals surface area contributed by atoms with Crippen LogP contribution in [0.1, 0.15) is 24.2 Å². The number of hydrogen-bond donors (Lipinski definition) is 1. The van der Waals surface area contributed by atoms with Crippen molar-refractivity contribution in [3.8, 4) is 17.2 Å². The summed E-state index contributed by atoms with van der Waals surface area (Å²) >= 11 is 5.81. The van der Waals surface area contributed by atoms with Gasteiger partial charge in [0.25, 0.3) is 5.91 Å². The molecule has 0 saturated carbocycles. The second kappa shape index (κ2) is 6.70. The number of nitrogens with one attached hydrogen (secondary N) is 1. The van der Waals surface area contributed by atoms with Gasteiger partial charge in [-0.25, -0.2) is 0 Å². The summed E-state index contributed by atoms with van der Waals surface area (Å²) in [6, 6.07) is 3.20. The molecule has 0 unspecified atom stereocenters. The zero-order valence-corrected chi connectivity index (χ0v) is 13.1. The zero-order chi connectivity index (χ0) is 15.3. The summed E-state index contributed by atoms with van der Waals surface area (Å²) in [6.07, 6.45) is 0. The van der Waals surface area contributed by atoms with Crippen molar-refractivity contribution in [2.24, 2.45) is 0 Å². The van der Waals surface area contributed by atoms with Gasteiger partial charge in [-0.05, 0) is 26.0 Å². The Kier molecular flexibility index (Phi) is 5.51. The number of alkyl halides is 1. The molecule has 1 amide bonds. The van der Waals surface area contributed by atoms with E-state index < -0.39 is 5.54 Å². The highest BCUT2D eigenvalue weighted by Gasteiger charge is 2.22. The molecule has 6 heteroatoms. The number of halogens is 1. The molecule has 0 radical (unpaired) electrons. The molecular formula is C14H20ClNO4. The van der Waals surface area contributed by atoms with Crippen LogP contribution in [0.5, 0.6) is 17.2 Å². The summed E-state index contributed by atoms with van der Waals surface area (Å²) < 4.78 is 15.6. The quantitative estimate of drug-likeness (QED) is 0.820. The molecule has 0 saturated heterocycles. The number of hydrogen-bond acceptors (Lipinski definition) is 4. The minimum Gasteiger partial charge on any atom is -0.493 e. The maximum Gasteiger partial charge on any atom is 0.252 e. The molecule has 0 atom stereocenters. The lowest BCUT2D eigenvalue weighted by molar-refractivity contribution is 0.0919. The Morgan fingerprint density at radius 1 is 1.15 bits per heavy atom. The first kappa shape index (κ1) is 16.4. The van der Waals surface area contributed by atoms with Crippen LogP contribution in [0.25, 0.3) is 0 Å². The standard InChI is InChI=1S/C14H20ClNO4/c1-14(2,8-15)16-13(17)9-6-10(18-3)12(20-5)11(7-9)19-4/h6-7H,8H2,1-5H3,(H,16,17). The minimum absolute atomic E-state index is 0.255. The minimum atomic E-state index is -0.501. The van der Waals surface area contributed by atoms with Crippen LogP contribution in [0.3, 0.4) is 0 Å². The topological polar surface area (TPSA) is 56.8 Å². The van der Waals surface area contributed by atoms with Gasteiger partial charge >= 0.3 is 0 Å². The first-order valence-electron chi connectivity index (χ1n) is 6.07. The highest BCUT2D eigenvalue weighted by molar-refractivity contribution is 6.18. The smallest absolute Gasteiger partial charge is 0.252 e. The van der Waals surface area contributed by atoms with Gasteiger partial charge in [-0.2, -0.15) is 0 Å². The number of rotatable bonds is 6. The monoisotopic (exact) mass is 301 g/mol. The van der Waals surface area contributed by atoms with Gasteiger partial charge in [0.05, 0.1) is 21.3 Å². The lowest BCUT2D eigenvalue weighted by atomic mass is 10.1. The molecule has 1 rings (SSSR count). The maximum atomic E-state index is 12.2. The molecule has 0 aliphatic rings. The van der Waals surface area contributed by atoms with Gasteiger partial charge in [-0.1, -0.05) is 0 Å². The van der Waals surface area contributed by atoms with E-state index in [-0.39, 0.29) is 5.91 Å². The van der Waals surface area contributed by atoms with E-state index in [4.69, 9.17) is 25.8 Å². The predicted octanol–water partition coefficient (Wildman–Crippen LogP) is 2.46. The van der Waals surface area contributed by atoms with Crippen LogP contribution in [-0.4, -0.2) is 38.7 Å². The van der Waals surface area contributed by atoms with E-state index >= 15 is 0 Å². The van der Waals surface area contributed by atoms with Crippen molar-refractivity contribution < 1.29 is 19.0 Å². The SMILES string of the molecule is COc1cc(C(=O)NC(C)(C)CCl)cc(OC)c1OC. The van der Waals surface area contributed by atoms with Crippen molar-refractivity contribution >= 4 is 17.5 Å². The lowest BCUT2D eigenvalue weighted by Gasteiger charge is -2.23. The maximum absolute atomic E-state index is 12.2. The third kappa shape index (κ3) is 3.70. The van der Waals surface area contributed by atoms with E-state index in [0.717, 1.165) is 0 Å². The van der Waals surface area contributed by atoms with Crippen molar-refractivity contribution in [3.63, 3.8) is 0 Å². The fourth-order valence-corrected chi connectivity index (χ4v) is 1.69. The van der Waals surface area contributed by atoms with E-state index in [9.17, 15) is 4.79 Å². The van der Waals surface area contributed by atoms with Crippen LogP contribution < -0.4 is 19.5 Å². The van der Waals surface area contributed by atoms with Crippen molar-refractivity contribution in [1.82, 2.24) is 5.32 Å². The van der Waals surface area contributed by atoms with Crippen LogP contribution in [0.4, 0.5) is 0 Å². The molecule has 20 heavy (non-hydrogen) atoms. The summed E-state index contributed by atoms with van der Waals surface area (Å²) in [4.78, 5) is 12.2. The number of carbonyl (C=O) groups is 1. The second-order valence-corrected chi connectivity index (χ2v) is 5.15. The predicted molar refractivity (Wildman–Crippen MR) is 78.4 cm³/mol. The van der Waals surface area contributed by atoms with Crippen molar-refractivity contribution in [3.05, 3.63) is 17.7 Å². The number of ether oxygens (including phenoxy) is 3. The third-order valence-electron chi connectivity index (χ3n) is 2.71. The molecule has 0 fully saturated rings. The first-order chi connectivity index (χ1) is 9.38. The normalized spacial score (nSPS) is 10.9. The van der Waals surface area contributed by atoms with Crippen LogP contribution in [0, 0.1) is 0 Å². The van der Waals surface area contributed by atoms with Crippen LogP contribution in [0.15, 0.2) is 12.1 Å². The molecule has 0 aliphatic heterocycles. The lowest BCUT2D eigenvalue weighted by Crippen LogP contribution is -2.44. The summed E-state index contributed by atoms with van der Waals surface area (Å²) in [5.41, 5.74) is -0.0864. The van der Waals surface area contributed by atoms with Crippen molar-refractivity contribution in [2.45, 2.75) is 19.4 Å². The molecule has 112 valence electrons. The van der Waals surface area contributed by atoms with Crippen LogP contribution >= 0.6 is 11.6 Å². The fourth-order valence-electron chi connectivity index (χ4n) is 1.63. The van der Waals surface area contributed by atoms with Gasteiger partial charge in [0.15, 0.2) is 11.5 Å². The molecule has 1 N–H and O–H groups in total. The van der Waals surface area contributed by atoms with E-state index in [2.05, 4.69) is 5.32 Å². The molecule has 0 aliphatic carbocycles. The average Bonchev–Trinajstić information content (AvgIpc) is 2.44. The third-order valence-corrected chi connectivity index (χ3v) is 3.38. The zero-order valence-electron chi connectivity index (χ0n) is 12.4. The summed E-state index contributed by atoms with van der Waals surface area (Å²) in [5, 5.41) is 2.84. The molecule has 0 aromatic heterocycles. The Bertz CT molecular complexity index is 463. The highest BCUT2D eigenvalue weighted by atomic mass is 35.5. The van der Waals surface area contributed by atoms with Crippen molar-refractivity contribution in [2.75, 3.05) is 27.2 Å². The highest BCUT2D eigenvalue weighted by Crippen LogP contribution is 2.38. The molecule has 1 aromatic carbocycles. The molecule has 5 nitrogen and oxygen atoms in total. The van der Waals surface area contributed by atoms with Gasteiger partial charge in [0, 0.05) is 17.0 Å². The molecule has 1 aromatic rings. The Hall–Kier alpha value is -1.62. The summed E-state index contributed by atoms with van der Waals surface area (Å²) in [6.45, 7) is 3.69. The van der Waals surface area contributed by atoms with Crippen LogP contribution in [0.2, 0.25) is 0 Å². The Labute approximate surface area is 124 Å². The van der Waals surface area contributed by atoms with Gasteiger partial charge in [-0.15, -0.1) is 11.6 Å².